The lowest BCUT2D eigenvalue weighted by Crippen LogP contribution is -1.99. The lowest BCUT2D eigenvalue weighted by atomic mass is 10.2. The molecule has 0 fully saturated rings. The van der Waals surface area contributed by atoms with Gasteiger partial charge in [0.1, 0.15) is 11.2 Å². The lowest BCUT2D eigenvalue weighted by Gasteiger charge is -1.99. The largest absolute Gasteiger partial charge is 0.412 e. The first-order valence-electron chi connectivity index (χ1n) is 3.17. The van der Waals surface area contributed by atoms with Crippen LogP contribution in [0.15, 0.2) is 23.1 Å². The third-order valence-electron chi connectivity index (χ3n) is 1.37. The molecule has 0 aliphatic carbocycles. The van der Waals surface area contributed by atoms with Crippen molar-refractivity contribution in [3.8, 4) is 0 Å². The maximum atomic E-state index is 10.6. The van der Waals surface area contributed by atoms with E-state index in [0.29, 0.717) is 6.29 Å². The maximum absolute atomic E-state index is 10.6. The topological polar surface area (TPSA) is 166 Å². The monoisotopic (exact) mass is 274 g/mol. The number of rotatable bonds is 2. The molecule has 9 heteroatoms. The molecular formula is C7H11ClO7S. The van der Waals surface area contributed by atoms with E-state index >= 15 is 0 Å². The standard InChI is InChI=1S/C7H5ClO4S.3H2O/c8-6-3-5(4-9)1-2-7(6)13(10,11)12;;;/h1-4H,(H,10,11,12);3*1H2. The van der Waals surface area contributed by atoms with E-state index in [0.717, 1.165) is 12.1 Å². The highest BCUT2D eigenvalue weighted by Gasteiger charge is 2.13. The van der Waals surface area contributed by atoms with Crippen LogP contribution in [-0.4, -0.2) is 35.7 Å². The lowest BCUT2D eigenvalue weighted by molar-refractivity contribution is 0.112. The Morgan fingerprint density at radius 2 is 1.69 bits per heavy atom. The number of carbonyl (C=O) groups is 1. The van der Waals surface area contributed by atoms with Crippen molar-refractivity contribution in [3.05, 3.63) is 28.8 Å². The Labute approximate surface area is 96.3 Å². The van der Waals surface area contributed by atoms with Crippen LogP contribution in [0.2, 0.25) is 5.02 Å². The van der Waals surface area contributed by atoms with Gasteiger partial charge in [0.15, 0.2) is 0 Å². The molecule has 0 saturated carbocycles. The van der Waals surface area contributed by atoms with Crippen molar-refractivity contribution < 1.29 is 34.2 Å². The van der Waals surface area contributed by atoms with Crippen LogP contribution in [-0.2, 0) is 10.1 Å². The van der Waals surface area contributed by atoms with Gasteiger partial charge in [-0.15, -0.1) is 0 Å². The van der Waals surface area contributed by atoms with Gasteiger partial charge in [0.05, 0.1) is 5.02 Å². The molecule has 1 rings (SSSR count). The van der Waals surface area contributed by atoms with E-state index in [1.54, 1.807) is 0 Å². The fourth-order valence-corrected chi connectivity index (χ4v) is 1.83. The molecule has 0 atom stereocenters. The Morgan fingerprint density at radius 3 is 2.00 bits per heavy atom. The van der Waals surface area contributed by atoms with Gasteiger partial charge in [0, 0.05) is 5.56 Å². The van der Waals surface area contributed by atoms with Crippen molar-refractivity contribution >= 4 is 28.0 Å². The zero-order valence-corrected chi connectivity index (χ0v) is 9.34. The van der Waals surface area contributed by atoms with Crippen LogP contribution in [0.1, 0.15) is 10.4 Å². The Hall–Kier alpha value is -1.03. The molecule has 7 nitrogen and oxygen atoms in total. The van der Waals surface area contributed by atoms with Crippen LogP contribution >= 0.6 is 11.6 Å². The fourth-order valence-electron chi connectivity index (χ4n) is 0.800. The molecule has 0 saturated heterocycles. The molecular weight excluding hydrogens is 264 g/mol. The van der Waals surface area contributed by atoms with Crippen molar-refractivity contribution in [2.45, 2.75) is 4.90 Å². The molecule has 1 aromatic carbocycles. The summed E-state index contributed by atoms with van der Waals surface area (Å²) in [6, 6.07) is 3.49. The van der Waals surface area contributed by atoms with Crippen LogP contribution in [0.5, 0.6) is 0 Å². The smallest absolute Gasteiger partial charge is 0.296 e. The number of benzene rings is 1. The molecule has 7 N–H and O–H groups in total. The van der Waals surface area contributed by atoms with Gasteiger partial charge in [-0.2, -0.15) is 8.42 Å². The average Bonchev–Trinajstić information content (AvgIpc) is 2.01. The predicted molar refractivity (Wildman–Crippen MR) is 57.5 cm³/mol. The Balaban J connectivity index is -0.000000563. The molecule has 0 aliphatic rings. The molecule has 0 amide bonds. The molecule has 0 spiro atoms. The van der Waals surface area contributed by atoms with E-state index in [4.69, 9.17) is 16.2 Å². The maximum Gasteiger partial charge on any atom is 0.296 e. The minimum Gasteiger partial charge on any atom is -0.412 e. The van der Waals surface area contributed by atoms with Crippen LogP contribution in [0.25, 0.3) is 0 Å². The molecule has 0 heterocycles. The normalized spacial score (nSPS) is 9.12. The second-order valence-electron chi connectivity index (χ2n) is 2.28. The number of halogens is 1. The zero-order valence-electron chi connectivity index (χ0n) is 7.77. The number of aldehydes is 1. The highest BCUT2D eigenvalue weighted by Crippen LogP contribution is 2.21. The molecule has 1 aromatic rings. The summed E-state index contributed by atoms with van der Waals surface area (Å²) in [5, 5.41) is -0.174. The van der Waals surface area contributed by atoms with E-state index in [1.807, 2.05) is 0 Å². The van der Waals surface area contributed by atoms with Crippen molar-refractivity contribution in [2.24, 2.45) is 0 Å². The second kappa shape index (κ2) is 7.28. The van der Waals surface area contributed by atoms with E-state index in [2.05, 4.69) is 0 Å². The third-order valence-corrected chi connectivity index (χ3v) is 2.71. The fraction of sp³-hybridized carbons (Fsp3) is 0. The summed E-state index contributed by atoms with van der Waals surface area (Å²) in [5.41, 5.74) is 0.248. The molecule has 0 bridgehead atoms. The Kier molecular flexibility index (Phi) is 9.27. The summed E-state index contributed by atoms with van der Waals surface area (Å²) in [6.07, 6.45) is 0.527. The minimum atomic E-state index is -4.31. The summed E-state index contributed by atoms with van der Waals surface area (Å²) >= 11 is 5.49. The first-order valence-corrected chi connectivity index (χ1v) is 4.99. The van der Waals surface area contributed by atoms with Gasteiger partial charge in [-0.1, -0.05) is 17.7 Å². The second-order valence-corrected chi connectivity index (χ2v) is 4.08. The zero-order chi connectivity index (χ0) is 10.1. The van der Waals surface area contributed by atoms with Crippen LogP contribution in [0.3, 0.4) is 0 Å². The van der Waals surface area contributed by atoms with E-state index in [1.165, 1.54) is 6.07 Å². The molecule has 0 aliphatic heterocycles. The minimum absolute atomic E-state index is 0. The number of hydrogen-bond donors (Lipinski definition) is 1. The highest BCUT2D eigenvalue weighted by atomic mass is 35.5. The van der Waals surface area contributed by atoms with Gasteiger partial charge < -0.3 is 16.4 Å². The van der Waals surface area contributed by atoms with E-state index in [-0.39, 0.29) is 27.0 Å². The summed E-state index contributed by atoms with van der Waals surface area (Å²) in [7, 11) is -4.31. The number of hydrogen-bond acceptors (Lipinski definition) is 3. The third kappa shape index (κ3) is 4.66. The molecule has 0 unspecified atom stereocenters. The number of carbonyl (C=O) groups excluding carboxylic acids is 1. The summed E-state index contributed by atoms with van der Waals surface area (Å²) in [4.78, 5) is 9.85. The summed E-state index contributed by atoms with van der Waals surface area (Å²) in [5.74, 6) is 0. The van der Waals surface area contributed by atoms with Crippen LogP contribution in [0.4, 0.5) is 0 Å². The van der Waals surface area contributed by atoms with Gasteiger partial charge in [-0.25, -0.2) is 0 Å². The summed E-state index contributed by atoms with van der Waals surface area (Å²) < 4.78 is 29.9. The highest BCUT2D eigenvalue weighted by molar-refractivity contribution is 7.86. The quantitative estimate of drug-likeness (QED) is 0.535. The van der Waals surface area contributed by atoms with E-state index < -0.39 is 15.0 Å². The Bertz CT molecular complexity index is 442. The predicted octanol–water partition coefficient (Wildman–Crippen LogP) is -1.07. The first kappa shape index (κ1) is 20.4. The van der Waals surface area contributed by atoms with Gasteiger partial charge in [0.25, 0.3) is 10.1 Å². The SMILES string of the molecule is O.O.O.O=Cc1ccc(S(=O)(=O)O)c(Cl)c1. The summed E-state index contributed by atoms with van der Waals surface area (Å²) in [6.45, 7) is 0. The van der Waals surface area contributed by atoms with E-state index in [9.17, 15) is 13.2 Å². The van der Waals surface area contributed by atoms with Crippen molar-refractivity contribution in [1.29, 1.82) is 0 Å². The average molecular weight is 275 g/mol. The first-order chi connectivity index (χ1) is 5.95. The van der Waals surface area contributed by atoms with Gasteiger partial charge >= 0.3 is 0 Å². The van der Waals surface area contributed by atoms with Crippen molar-refractivity contribution in [1.82, 2.24) is 0 Å². The van der Waals surface area contributed by atoms with Crippen molar-refractivity contribution in [3.63, 3.8) is 0 Å². The van der Waals surface area contributed by atoms with Gasteiger partial charge in [-0.3, -0.25) is 9.35 Å². The molecule has 0 radical (unpaired) electrons. The van der Waals surface area contributed by atoms with Gasteiger partial charge in [0.2, 0.25) is 0 Å². The molecule has 0 aromatic heterocycles. The van der Waals surface area contributed by atoms with Crippen LogP contribution in [0, 0.1) is 0 Å². The molecule has 94 valence electrons. The van der Waals surface area contributed by atoms with Crippen LogP contribution < -0.4 is 0 Å². The van der Waals surface area contributed by atoms with Gasteiger partial charge in [-0.05, 0) is 12.1 Å². The van der Waals surface area contributed by atoms with Crippen molar-refractivity contribution in [2.75, 3.05) is 0 Å². The molecule has 16 heavy (non-hydrogen) atoms. The Morgan fingerprint density at radius 1 is 1.19 bits per heavy atom.